The fourth-order valence-electron chi connectivity index (χ4n) is 2.50. The van der Waals surface area contributed by atoms with Gasteiger partial charge in [-0.1, -0.05) is 19.1 Å². The fourth-order valence-corrected chi connectivity index (χ4v) is 2.50. The highest BCUT2D eigenvalue weighted by molar-refractivity contribution is 5.17. The van der Waals surface area contributed by atoms with E-state index in [2.05, 4.69) is 12.2 Å². The molecule has 1 heterocycles. The Balaban J connectivity index is 2.00. The van der Waals surface area contributed by atoms with Crippen molar-refractivity contribution in [3.05, 3.63) is 35.6 Å². The summed E-state index contributed by atoms with van der Waals surface area (Å²) in [6.07, 6.45) is 1.93. The van der Waals surface area contributed by atoms with Crippen molar-refractivity contribution in [3.63, 3.8) is 0 Å². The molecule has 1 aromatic carbocycles. The normalized spacial score (nSPS) is 24.8. The zero-order valence-corrected chi connectivity index (χ0v) is 10.3. The van der Waals surface area contributed by atoms with Crippen LogP contribution >= 0.6 is 0 Å². The molecule has 2 nitrogen and oxygen atoms in total. The van der Waals surface area contributed by atoms with Gasteiger partial charge in [0.15, 0.2) is 0 Å². The Morgan fingerprint density at radius 1 is 1.47 bits per heavy atom. The third kappa shape index (κ3) is 3.51. The topological polar surface area (TPSA) is 21.3 Å². The molecule has 1 aromatic rings. The minimum absolute atomic E-state index is 0.153. The second kappa shape index (κ2) is 6.12. The van der Waals surface area contributed by atoms with Gasteiger partial charge in [0.05, 0.1) is 6.61 Å². The summed E-state index contributed by atoms with van der Waals surface area (Å²) in [4.78, 5) is 0. The predicted molar refractivity (Wildman–Crippen MR) is 66.5 cm³/mol. The Morgan fingerprint density at radius 3 is 3.12 bits per heavy atom. The maximum atomic E-state index is 13.1. The van der Waals surface area contributed by atoms with Crippen molar-refractivity contribution >= 4 is 0 Å². The summed E-state index contributed by atoms with van der Waals surface area (Å²) in [6.45, 7) is 4.70. The van der Waals surface area contributed by atoms with Gasteiger partial charge in [-0.05, 0) is 37.1 Å². The van der Waals surface area contributed by atoms with Crippen molar-refractivity contribution in [2.24, 2.45) is 5.92 Å². The fraction of sp³-hybridized carbons (Fsp3) is 0.571. The van der Waals surface area contributed by atoms with Crippen LogP contribution in [0.1, 0.15) is 18.9 Å². The summed E-state index contributed by atoms with van der Waals surface area (Å²) in [5.41, 5.74) is 1.06. The average molecular weight is 237 g/mol. The highest BCUT2D eigenvalue weighted by Crippen LogP contribution is 2.20. The van der Waals surface area contributed by atoms with Crippen LogP contribution in [0.2, 0.25) is 0 Å². The largest absolute Gasteiger partial charge is 0.381 e. The van der Waals surface area contributed by atoms with Crippen LogP contribution in [0.3, 0.4) is 0 Å². The van der Waals surface area contributed by atoms with Gasteiger partial charge in [0.25, 0.3) is 0 Å². The lowest BCUT2D eigenvalue weighted by Crippen LogP contribution is -2.43. The minimum atomic E-state index is -0.153. The van der Waals surface area contributed by atoms with Crippen LogP contribution in [0.4, 0.5) is 4.39 Å². The molecule has 1 aliphatic heterocycles. The SMILES string of the molecule is CCN[C@H]1CCOC[C@@H]1Cc1cccc(F)c1. The van der Waals surface area contributed by atoms with Gasteiger partial charge in [0.2, 0.25) is 0 Å². The van der Waals surface area contributed by atoms with Crippen LogP contribution in [-0.4, -0.2) is 25.8 Å². The van der Waals surface area contributed by atoms with E-state index in [1.54, 1.807) is 12.1 Å². The van der Waals surface area contributed by atoms with E-state index in [1.165, 1.54) is 6.07 Å². The Labute approximate surface area is 102 Å². The van der Waals surface area contributed by atoms with E-state index in [9.17, 15) is 4.39 Å². The van der Waals surface area contributed by atoms with Crippen LogP contribution in [0.15, 0.2) is 24.3 Å². The molecule has 1 N–H and O–H groups in total. The summed E-state index contributed by atoms with van der Waals surface area (Å²) >= 11 is 0. The monoisotopic (exact) mass is 237 g/mol. The molecule has 1 aliphatic rings. The molecular weight excluding hydrogens is 217 g/mol. The van der Waals surface area contributed by atoms with E-state index >= 15 is 0 Å². The van der Waals surface area contributed by atoms with Gasteiger partial charge in [0.1, 0.15) is 5.82 Å². The van der Waals surface area contributed by atoms with E-state index < -0.39 is 0 Å². The number of hydrogen-bond acceptors (Lipinski definition) is 2. The molecule has 17 heavy (non-hydrogen) atoms. The second-order valence-electron chi connectivity index (χ2n) is 4.62. The van der Waals surface area contributed by atoms with Crippen molar-refractivity contribution < 1.29 is 9.13 Å². The van der Waals surface area contributed by atoms with Gasteiger partial charge >= 0.3 is 0 Å². The quantitative estimate of drug-likeness (QED) is 0.868. The molecule has 1 saturated heterocycles. The molecule has 0 aliphatic carbocycles. The van der Waals surface area contributed by atoms with E-state index in [1.807, 2.05) is 6.07 Å². The minimum Gasteiger partial charge on any atom is -0.381 e. The Hall–Kier alpha value is -0.930. The van der Waals surface area contributed by atoms with Crippen LogP contribution in [0.5, 0.6) is 0 Å². The van der Waals surface area contributed by atoms with Gasteiger partial charge in [-0.25, -0.2) is 4.39 Å². The standard InChI is InChI=1S/C14H20FNO/c1-2-16-14-6-7-17-10-12(14)8-11-4-3-5-13(15)9-11/h3-5,9,12,14,16H,2,6-8,10H2,1H3/t12-,14-/m0/s1. The zero-order valence-electron chi connectivity index (χ0n) is 10.3. The van der Waals surface area contributed by atoms with E-state index in [4.69, 9.17) is 4.74 Å². The third-order valence-electron chi connectivity index (χ3n) is 3.33. The predicted octanol–water partition coefficient (Wildman–Crippen LogP) is 2.38. The first-order valence-corrected chi connectivity index (χ1v) is 6.35. The molecule has 0 amide bonds. The van der Waals surface area contributed by atoms with Gasteiger partial charge in [-0.3, -0.25) is 0 Å². The maximum Gasteiger partial charge on any atom is 0.123 e. The summed E-state index contributed by atoms with van der Waals surface area (Å²) in [5, 5.41) is 3.50. The summed E-state index contributed by atoms with van der Waals surface area (Å²) in [6, 6.07) is 7.37. The van der Waals surface area contributed by atoms with Gasteiger partial charge in [-0.2, -0.15) is 0 Å². The molecule has 2 rings (SSSR count). The highest BCUT2D eigenvalue weighted by atomic mass is 19.1. The van der Waals surface area contributed by atoms with Crippen LogP contribution in [-0.2, 0) is 11.2 Å². The first kappa shape index (κ1) is 12.5. The molecule has 0 saturated carbocycles. The number of halogens is 1. The van der Waals surface area contributed by atoms with E-state index in [0.717, 1.165) is 38.2 Å². The molecule has 0 unspecified atom stereocenters. The maximum absolute atomic E-state index is 13.1. The second-order valence-corrected chi connectivity index (χ2v) is 4.62. The number of hydrogen-bond donors (Lipinski definition) is 1. The van der Waals surface area contributed by atoms with Crippen molar-refractivity contribution in [2.75, 3.05) is 19.8 Å². The molecule has 2 atom stereocenters. The van der Waals surface area contributed by atoms with Crippen molar-refractivity contribution in [3.8, 4) is 0 Å². The Morgan fingerprint density at radius 2 is 2.35 bits per heavy atom. The van der Waals surface area contributed by atoms with Crippen molar-refractivity contribution in [2.45, 2.75) is 25.8 Å². The molecule has 94 valence electrons. The first-order chi connectivity index (χ1) is 8.29. The number of nitrogens with one attached hydrogen (secondary N) is 1. The molecule has 0 radical (unpaired) electrons. The van der Waals surface area contributed by atoms with Crippen molar-refractivity contribution in [1.82, 2.24) is 5.32 Å². The highest BCUT2D eigenvalue weighted by Gasteiger charge is 2.25. The van der Waals surface area contributed by atoms with E-state index in [0.29, 0.717) is 12.0 Å². The first-order valence-electron chi connectivity index (χ1n) is 6.35. The smallest absolute Gasteiger partial charge is 0.123 e. The lowest BCUT2D eigenvalue weighted by atomic mass is 9.89. The molecule has 0 bridgehead atoms. The van der Waals surface area contributed by atoms with Crippen LogP contribution in [0, 0.1) is 11.7 Å². The van der Waals surface area contributed by atoms with Crippen molar-refractivity contribution in [1.29, 1.82) is 0 Å². The van der Waals surface area contributed by atoms with Gasteiger partial charge in [0, 0.05) is 18.6 Å². The number of rotatable bonds is 4. The summed E-state index contributed by atoms with van der Waals surface area (Å²) < 4.78 is 18.6. The van der Waals surface area contributed by atoms with Gasteiger partial charge in [-0.15, -0.1) is 0 Å². The number of ether oxygens (including phenoxy) is 1. The lowest BCUT2D eigenvalue weighted by molar-refractivity contribution is 0.0326. The Kier molecular flexibility index (Phi) is 4.51. The lowest BCUT2D eigenvalue weighted by Gasteiger charge is -2.32. The molecular formula is C14H20FNO. The van der Waals surface area contributed by atoms with Gasteiger partial charge < -0.3 is 10.1 Å². The average Bonchev–Trinajstić information content (AvgIpc) is 2.32. The molecule has 1 fully saturated rings. The van der Waals surface area contributed by atoms with Crippen LogP contribution < -0.4 is 5.32 Å². The van der Waals surface area contributed by atoms with E-state index in [-0.39, 0.29) is 5.82 Å². The molecule has 0 aromatic heterocycles. The summed E-state index contributed by atoms with van der Waals surface area (Å²) in [5.74, 6) is 0.296. The van der Waals surface area contributed by atoms with Crippen LogP contribution in [0.25, 0.3) is 0 Å². The zero-order chi connectivity index (χ0) is 12.1. The molecule has 3 heteroatoms. The molecule has 0 spiro atoms. The number of benzene rings is 1. The Bertz CT molecular complexity index is 354. The third-order valence-corrected chi connectivity index (χ3v) is 3.33. The summed E-state index contributed by atoms with van der Waals surface area (Å²) in [7, 11) is 0.